The molecule has 5 aliphatic rings. The summed E-state index contributed by atoms with van der Waals surface area (Å²) in [4.78, 5) is 13.6. The molecule has 0 radical (unpaired) electrons. The lowest BCUT2D eigenvalue weighted by Gasteiger charge is -2.61. The number of aliphatic hydroxyl groups is 1. The summed E-state index contributed by atoms with van der Waals surface area (Å²) in [6.45, 7) is 18.4. The van der Waals surface area contributed by atoms with E-state index in [1.54, 1.807) is 0 Å². The van der Waals surface area contributed by atoms with Crippen LogP contribution in [0.1, 0.15) is 100 Å². The van der Waals surface area contributed by atoms with E-state index >= 15 is 0 Å². The van der Waals surface area contributed by atoms with Gasteiger partial charge >= 0.3 is 0 Å². The van der Waals surface area contributed by atoms with Crippen LogP contribution in [0.5, 0.6) is 0 Å². The minimum absolute atomic E-state index is 0.0562. The average Bonchev–Trinajstić information content (AvgIpc) is 3.31. The summed E-state index contributed by atoms with van der Waals surface area (Å²) in [7, 11) is 0. The van der Waals surface area contributed by atoms with Crippen molar-refractivity contribution in [2.45, 2.75) is 129 Å². The Morgan fingerprint density at radius 3 is 2.25 bits per heavy atom. The highest BCUT2D eigenvalue weighted by Gasteiger charge is 2.64. The third-order valence-electron chi connectivity index (χ3n) is 12.4. The van der Waals surface area contributed by atoms with E-state index in [9.17, 15) is 9.90 Å². The smallest absolute Gasteiger partial charge is 0.163 e. The minimum atomic E-state index is -0.530. The third kappa shape index (κ3) is 4.20. The topological polar surface area (TPSA) is 55.8 Å². The number of carbonyl (C=O) groups is 1. The SMILES string of the molecule is CC(C)[C@@H](C)[C@H]1OC(C)(C)O[C@@H]1[C@@H](C)[C@H]1CC[C@H]2[C@@H]3CC(=O)[C@H]4C[C@H](Br)[C@@H](O)C[C@]4(C)[C@H]3CC[C@]12C. The van der Waals surface area contributed by atoms with Gasteiger partial charge in [-0.3, -0.25) is 4.79 Å². The maximum atomic E-state index is 13.6. The number of halogens is 1. The third-order valence-corrected chi connectivity index (χ3v) is 13.4. The number of hydrogen-bond donors (Lipinski definition) is 1. The zero-order valence-corrected chi connectivity index (χ0v) is 25.5. The predicted molar refractivity (Wildman–Crippen MR) is 147 cm³/mol. The Labute approximate surface area is 228 Å². The van der Waals surface area contributed by atoms with E-state index in [2.05, 4.69) is 71.3 Å². The molecule has 4 aliphatic carbocycles. The molecule has 5 heteroatoms. The first-order valence-electron chi connectivity index (χ1n) is 14.9. The lowest BCUT2D eigenvalue weighted by molar-refractivity contribution is -0.165. The van der Waals surface area contributed by atoms with Crippen LogP contribution < -0.4 is 0 Å². The molecule has 1 aliphatic heterocycles. The predicted octanol–water partition coefficient (Wildman–Crippen LogP) is 7.01. The van der Waals surface area contributed by atoms with Gasteiger partial charge < -0.3 is 14.6 Å². The van der Waals surface area contributed by atoms with Gasteiger partial charge in [0.15, 0.2) is 5.79 Å². The molecule has 4 saturated carbocycles. The summed E-state index contributed by atoms with van der Waals surface area (Å²) >= 11 is 3.67. The van der Waals surface area contributed by atoms with Crippen molar-refractivity contribution in [1.29, 1.82) is 0 Å². The normalized spacial score (nSPS) is 52.0. The number of carbonyl (C=O) groups excluding carboxylic acids is 1. The van der Waals surface area contributed by atoms with Gasteiger partial charge in [-0.2, -0.15) is 0 Å². The molecule has 0 unspecified atom stereocenters. The number of ketones is 1. The Bertz CT molecular complexity index is 858. The van der Waals surface area contributed by atoms with Crippen LogP contribution in [0, 0.1) is 58.2 Å². The highest BCUT2D eigenvalue weighted by atomic mass is 79.9. The van der Waals surface area contributed by atoms with E-state index in [0.717, 1.165) is 19.3 Å². The molecule has 1 N–H and O–H groups in total. The Kier molecular flexibility index (Phi) is 7.13. The average molecular weight is 568 g/mol. The molecule has 206 valence electrons. The second-order valence-electron chi connectivity index (χ2n) is 14.9. The Hall–Kier alpha value is 0.0300. The highest BCUT2D eigenvalue weighted by molar-refractivity contribution is 9.09. The van der Waals surface area contributed by atoms with Crippen molar-refractivity contribution in [2.75, 3.05) is 0 Å². The summed E-state index contributed by atoms with van der Waals surface area (Å²) in [6, 6.07) is 0. The van der Waals surface area contributed by atoms with E-state index in [1.807, 2.05) is 0 Å². The van der Waals surface area contributed by atoms with Gasteiger partial charge in [0.1, 0.15) is 5.78 Å². The van der Waals surface area contributed by atoms with E-state index in [-0.39, 0.29) is 39.9 Å². The molecule has 0 aromatic carbocycles. The molecule has 5 fully saturated rings. The maximum absolute atomic E-state index is 13.6. The van der Waals surface area contributed by atoms with E-state index in [0.29, 0.717) is 47.2 Å². The molecule has 4 nitrogen and oxygen atoms in total. The van der Waals surface area contributed by atoms with Gasteiger partial charge in [-0.1, -0.05) is 57.5 Å². The summed E-state index contributed by atoms with van der Waals surface area (Å²) < 4.78 is 13.2. The number of rotatable bonds is 4. The number of ether oxygens (including phenoxy) is 2. The molecule has 0 aromatic rings. The number of aliphatic hydroxyl groups excluding tert-OH is 1. The zero-order valence-electron chi connectivity index (χ0n) is 23.9. The largest absolute Gasteiger partial charge is 0.392 e. The van der Waals surface area contributed by atoms with Crippen LogP contribution in [0.3, 0.4) is 0 Å². The molecular formula is C31H51BrO4. The van der Waals surface area contributed by atoms with Gasteiger partial charge in [0.2, 0.25) is 0 Å². The van der Waals surface area contributed by atoms with Gasteiger partial charge in [-0.05, 0) is 105 Å². The van der Waals surface area contributed by atoms with Crippen molar-refractivity contribution >= 4 is 21.7 Å². The van der Waals surface area contributed by atoms with Crippen molar-refractivity contribution in [3.63, 3.8) is 0 Å². The minimum Gasteiger partial charge on any atom is -0.392 e. The van der Waals surface area contributed by atoms with Crippen molar-refractivity contribution in [2.24, 2.45) is 58.2 Å². The first kappa shape index (κ1) is 27.6. The number of alkyl halides is 1. The summed E-state index contributed by atoms with van der Waals surface area (Å²) in [5.74, 6) is 3.69. The van der Waals surface area contributed by atoms with Gasteiger partial charge in [0.05, 0.1) is 18.3 Å². The van der Waals surface area contributed by atoms with E-state index in [4.69, 9.17) is 9.47 Å². The quantitative estimate of drug-likeness (QED) is 0.372. The second kappa shape index (κ2) is 9.30. The van der Waals surface area contributed by atoms with Crippen LogP contribution in [0.15, 0.2) is 0 Å². The Morgan fingerprint density at radius 2 is 1.58 bits per heavy atom. The van der Waals surface area contributed by atoms with Gasteiger partial charge in [-0.15, -0.1) is 0 Å². The molecule has 0 aromatic heterocycles. The first-order chi connectivity index (χ1) is 16.7. The van der Waals surface area contributed by atoms with Crippen LogP contribution >= 0.6 is 15.9 Å². The fourth-order valence-electron chi connectivity index (χ4n) is 10.2. The molecule has 5 rings (SSSR count). The maximum Gasteiger partial charge on any atom is 0.163 e. The van der Waals surface area contributed by atoms with Crippen LogP contribution in [-0.4, -0.2) is 39.8 Å². The highest BCUT2D eigenvalue weighted by Crippen LogP contribution is 2.68. The molecule has 0 amide bonds. The fourth-order valence-corrected chi connectivity index (χ4v) is 10.8. The van der Waals surface area contributed by atoms with Crippen molar-refractivity contribution in [3.8, 4) is 0 Å². The molecule has 36 heavy (non-hydrogen) atoms. The molecule has 1 saturated heterocycles. The summed E-state index contributed by atoms with van der Waals surface area (Å²) in [5, 5.41) is 10.8. The van der Waals surface area contributed by atoms with Crippen molar-refractivity contribution in [1.82, 2.24) is 0 Å². The van der Waals surface area contributed by atoms with E-state index in [1.165, 1.54) is 25.7 Å². The first-order valence-corrected chi connectivity index (χ1v) is 15.8. The fraction of sp³-hybridized carbons (Fsp3) is 0.968. The molecule has 0 bridgehead atoms. The van der Waals surface area contributed by atoms with E-state index < -0.39 is 5.79 Å². The zero-order chi connectivity index (χ0) is 26.4. The molecular weight excluding hydrogens is 516 g/mol. The van der Waals surface area contributed by atoms with Crippen LogP contribution in [0.4, 0.5) is 0 Å². The number of hydrogen-bond acceptors (Lipinski definition) is 4. The van der Waals surface area contributed by atoms with Gasteiger partial charge in [-0.25, -0.2) is 0 Å². The number of Topliss-reactive ketones (excluding diaryl/α,β-unsaturated/α-hetero) is 1. The Balaban J connectivity index is 1.39. The molecule has 13 atom stereocenters. The standard InChI is InChI=1S/C31H51BrO4/c1-16(2)17(3)27-28(36-29(5,6)35-27)18(4)20-9-10-21-19-13-25(33)23-14-24(32)26(34)15-31(23,8)22(19)11-12-30(20,21)7/h16-24,26-28,34H,9-15H2,1-8H3/t17-,18+,19+,20-,21+,22+,23-,24+,26+,27-,28-,30-,31-/m1/s1. The van der Waals surface area contributed by atoms with Crippen molar-refractivity contribution < 1.29 is 19.4 Å². The lowest BCUT2D eigenvalue weighted by atomic mass is 9.44. The van der Waals surface area contributed by atoms with Crippen LogP contribution in [-0.2, 0) is 14.3 Å². The van der Waals surface area contributed by atoms with Crippen LogP contribution in [0.2, 0.25) is 0 Å². The summed E-state index contributed by atoms with van der Waals surface area (Å²) in [5.41, 5.74) is 0.190. The second-order valence-corrected chi connectivity index (χ2v) is 16.1. The monoisotopic (exact) mass is 566 g/mol. The van der Waals surface area contributed by atoms with Crippen molar-refractivity contribution in [3.05, 3.63) is 0 Å². The summed E-state index contributed by atoms with van der Waals surface area (Å²) in [6.07, 6.45) is 7.11. The molecule has 0 spiro atoms. The van der Waals surface area contributed by atoms with Crippen LogP contribution in [0.25, 0.3) is 0 Å². The number of fused-ring (bicyclic) bond motifs is 5. The Morgan fingerprint density at radius 1 is 0.944 bits per heavy atom. The van der Waals surface area contributed by atoms with Gasteiger partial charge in [0.25, 0.3) is 0 Å². The lowest BCUT2D eigenvalue weighted by Crippen LogP contribution is -2.59. The molecule has 1 heterocycles. The van der Waals surface area contributed by atoms with Gasteiger partial charge in [0, 0.05) is 17.2 Å².